The SMILES string of the molecule is CC(C)(CCCOc1ccc(C(=N)CN2C=C(I)C=CC2)cc1)[Si](O)(c1ccccc1)c1ccccc1. The van der Waals surface area contributed by atoms with Gasteiger partial charge in [0.1, 0.15) is 5.75 Å². The zero-order chi connectivity index (χ0) is 26.3. The van der Waals surface area contributed by atoms with Gasteiger partial charge >= 0.3 is 0 Å². The predicted molar refractivity (Wildman–Crippen MR) is 165 cm³/mol. The molecule has 0 saturated heterocycles. The van der Waals surface area contributed by atoms with E-state index in [1.165, 1.54) is 3.58 Å². The average molecular weight is 623 g/mol. The first-order valence-corrected chi connectivity index (χ1v) is 15.7. The van der Waals surface area contributed by atoms with Crippen LogP contribution >= 0.6 is 22.6 Å². The third-order valence-electron chi connectivity index (χ3n) is 7.06. The molecule has 37 heavy (non-hydrogen) atoms. The lowest BCUT2D eigenvalue weighted by Gasteiger charge is -2.41. The number of halogens is 1. The third-order valence-corrected chi connectivity index (χ3v) is 12.2. The van der Waals surface area contributed by atoms with Crippen molar-refractivity contribution >= 4 is 47.0 Å². The predicted octanol–water partition coefficient (Wildman–Crippen LogP) is 5.89. The van der Waals surface area contributed by atoms with E-state index in [2.05, 4.69) is 84.0 Å². The number of hydrogen-bond acceptors (Lipinski definition) is 4. The molecule has 1 heterocycles. The van der Waals surface area contributed by atoms with Crippen LogP contribution in [0.3, 0.4) is 0 Å². The second kappa shape index (κ2) is 12.2. The van der Waals surface area contributed by atoms with Crippen molar-refractivity contribution in [3.63, 3.8) is 0 Å². The van der Waals surface area contributed by atoms with E-state index in [9.17, 15) is 4.80 Å². The summed E-state index contributed by atoms with van der Waals surface area (Å²) < 4.78 is 7.24. The van der Waals surface area contributed by atoms with Gasteiger partial charge in [0, 0.05) is 16.3 Å². The van der Waals surface area contributed by atoms with Gasteiger partial charge in [0.05, 0.1) is 18.9 Å². The molecule has 0 atom stereocenters. The van der Waals surface area contributed by atoms with Crippen molar-refractivity contribution in [1.82, 2.24) is 4.90 Å². The van der Waals surface area contributed by atoms with E-state index in [1.54, 1.807) is 0 Å². The minimum absolute atomic E-state index is 0.284. The van der Waals surface area contributed by atoms with E-state index in [4.69, 9.17) is 10.1 Å². The second-order valence-corrected chi connectivity index (χ2v) is 15.3. The average Bonchev–Trinajstić information content (AvgIpc) is 2.92. The van der Waals surface area contributed by atoms with Crippen LogP contribution in [0.25, 0.3) is 0 Å². The molecule has 192 valence electrons. The van der Waals surface area contributed by atoms with Crippen LogP contribution in [0.4, 0.5) is 0 Å². The van der Waals surface area contributed by atoms with Crippen LogP contribution in [0.1, 0.15) is 32.3 Å². The zero-order valence-electron chi connectivity index (χ0n) is 21.5. The number of allylic oxidation sites excluding steroid dienone is 2. The molecule has 4 rings (SSSR count). The zero-order valence-corrected chi connectivity index (χ0v) is 24.7. The maximum absolute atomic E-state index is 12.3. The fourth-order valence-electron chi connectivity index (χ4n) is 4.92. The minimum atomic E-state index is -2.99. The summed E-state index contributed by atoms with van der Waals surface area (Å²) in [5, 5.41) is 10.3. The van der Waals surface area contributed by atoms with Crippen molar-refractivity contribution in [2.24, 2.45) is 0 Å². The van der Waals surface area contributed by atoms with Gasteiger partial charge in [-0.25, -0.2) is 0 Å². The molecule has 0 unspecified atom stereocenters. The Morgan fingerprint density at radius 3 is 2.14 bits per heavy atom. The smallest absolute Gasteiger partial charge is 0.258 e. The molecule has 0 bridgehead atoms. The standard InChI is InChI=1S/C31H35IN2O2Si/c1-31(2,37(35,28-12-5-3-6-13-28)29-14-7-4-8-15-29)20-10-22-36-27-18-16-25(17-19-27)30(33)24-34-21-9-11-26(32)23-34/h3-9,11-19,23,33,35H,10,20-22,24H2,1-2H3. The Morgan fingerprint density at radius 2 is 1.57 bits per heavy atom. The summed E-state index contributed by atoms with van der Waals surface area (Å²) in [6.45, 7) is 6.38. The summed E-state index contributed by atoms with van der Waals surface area (Å²) in [5.41, 5.74) is 1.50. The molecule has 1 aliphatic heterocycles. The Kier molecular flexibility index (Phi) is 9.05. The van der Waals surface area contributed by atoms with Crippen molar-refractivity contribution in [3.05, 3.63) is 112 Å². The van der Waals surface area contributed by atoms with Gasteiger partial charge in [-0.1, -0.05) is 80.6 Å². The number of ether oxygens (including phenoxy) is 1. The lowest BCUT2D eigenvalue weighted by atomic mass is 10.1. The van der Waals surface area contributed by atoms with E-state index in [0.717, 1.165) is 41.1 Å². The van der Waals surface area contributed by atoms with Crippen LogP contribution in [0.5, 0.6) is 5.75 Å². The molecule has 3 aromatic rings. The van der Waals surface area contributed by atoms with Crippen LogP contribution in [0, 0.1) is 5.41 Å². The first-order chi connectivity index (χ1) is 17.8. The van der Waals surface area contributed by atoms with E-state index >= 15 is 0 Å². The monoisotopic (exact) mass is 622 g/mol. The number of nitrogens with zero attached hydrogens (tertiary/aromatic N) is 1. The lowest BCUT2D eigenvalue weighted by molar-refractivity contribution is 0.295. The maximum Gasteiger partial charge on any atom is 0.258 e. The normalized spacial score (nSPS) is 13.8. The molecule has 6 heteroatoms. The first-order valence-electron chi connectivity index (χ1n) is 12.7. The van der Waals surface area contributed by atoms with Crippen LogP contribution in [-0.2, 0) is 0 Å². The fourth-order valence-corrected chi connectivity index (χ4v) is 9.35. The van der Waals surface area contributed by atoms with Gasteiger partial charge in [0.25, 0.3) is 8.32 Å². The summed E-state index contributed by atoms with van der Waals surface area (Å²) in [7, 11) is -2.99. The van der Waals surface area contributed by atoms with Crippen molar-refractivity contribution in [1.29, 1.82) is 5.41 Å². The van der Waals surface area contributed by atoms with E-state index < -0.39 is 8.32 Å². The van der Waals surface area contributed by atoms with E-state index in [1.807, 2.05) is 60.7 Å². The van der Waals surface area contributed by atoms with Gasteiger partial charge in [-0.05, 0) is 86.7 Å². The highest BCUT2D eigenvalue weighted by molar-refractivity contribution is 14.1. The number of rotatable bonds is 11. The summed E-state index contributed by atoms with van der Waals surface area (Å²) in [5.74, 6) is 0.809. The Balaban J connectivity index is 1.34. The van der Waals surface area contributed by atoms with E-state index in [0.29, 0.717) is 18.9 Å². The van der Waals surface area contributed by atoms with Gasteiger partial charge in [-0.2, -0.15) is 0 Å². The largest absolute Gasteiger partial charge is 0.494 e. The number of nitrogens with one attached hydrogen (secondary N) is 1. The minimum Gasteiger partial charge on any atom is -0.494 e. The quantitative estimate of drug-likeness (QED) is 0.121. The van der Waals surface area contributed by atoms with Gasteiger partial charge in [-0.15, -0.1) is 0 Å². The van der Waals surface area contributed by atoms with Gasteiger partial charge in [0.2, 0.25) is 0 Å². The van der Waals surface area contributed by atoms with Gasteiger partial charge < -0.3 is 19.8 Å². The molecule has 0 aromatic heterocycles. The Morgan fingerprint density at radius 1 is 0.973 bits per heavy atom. The van der Waals surface area contributed by atoms with E-state index in [-0.39, 0.29) is 5.04 Å². The summed E-state index contributed by atoms with van der Waals surface area (Å²) >= 11 is 2.30. The molecule has 0 spiro atoms. The Hall–Kier alpha value is -2.68. The molecule has 4 nitrogen and oxygen atoms in total. The molecule has 3 aromatic carbocycles. The Bertz CT molecular complexity index is 1200. The molecule has 2 N–H and O–H groups in total. The molecule has 0 saturated carbocycles. The molecular weight excluding hydrogens is 587 g/mol. The molecular formula is C31H35IN2O2Si. The number of hydrogen-bond donors (Lipinski definition) is 2. The Labute approximate surface area is 235 Å². The highest BCUT2D eigenvalue weighted by atomic mass is 127. The van der Waals surface area contributed by atoms with Crippen molar-refractivity contribution < 1.29 is 9.53 Å². The topological polar surface area (TPSA) is 56.5 Å². The van der Waals surface area contributed by atoms with Crippen LogP contribution in [-0.4, -0.2) is 43.4 Å². The first kappa shape index (κ1) is 27.4. The van der Waals surface area contributed by atoms with Crippen LogP contribution in [0.15, 0.2) is 107 Å². The molecule has 1 aliphatic rings. The summed E-state index contributed by atoms with van der Waals surface area (Å²) in [4.78, 5) is 14.4. The van der Waals surface area contributed by atoms with Crippen LogP contribution in [0.2, 0.25) is 5.04 Å². The third kappa shape index (κ3) is 6.61. The number of benzene rings is 3. The van der Waals surface area contributed by atoms with Crippen molar-refractivity contribution in [3.8, 4) is 5.75 Å². The molecule has 0 aliphatic carbocycles. The van der Waals surface area contributed by atoms with Crippen molar-refractivity contribution in [2.75, 3.05) is 19.7 Å². The summed E-state index contributed by atoms with van der Waals surface area (Å²) in [6.07, 6.45) is 8.00. The van der Waals surface area contributed by atoms with Crippen LogP contribution < -0.4 is 15.1 Å². The highest BCUT2D eigenvalue weighted by Crippen LogP contribution is 2.39. The highest BCUT2D eigenvalue weighted by Gasteiger charge is 2.49. The summed E-state index contributed by atoms with van der Waals surface area (Å²) in [6, 6.07) is 28.1. The lowest BCUT2D eigenvalue weighted by Crippen LogP contribution is -2.65. The molecule has 0 fully saturated rings. The molecule has 0 radical (unpaired) electrons. The fraction of sp³-hybridized carbons (Fsp3) is 0.258. The van der Waals surface area contributed by atoms with Gasteiger partial charge in [-0.3, -0.25) is 0 Å². The molecule has 0 amide bonds. The van der Waals surface area contributed by atoms with Gasteiger partial charge in [0.15, 0.2) is 0 Å². The maximum atomic E-state index is 12.3. The van der Waals surface area contributed by atoms with Crippen molar-refractivity contribution in [2.45, 2.75) is 31.7 Å². The second-order valence-electron chi connectivity index (χ2n) is 10.1.